The maximum Gasteiger partial charge on any atom is 0.304 e. The smallest absolute Gasteiger partial charge is 0.304 e. The summed E-state index contributed by atoms with van der Waals surface area (Å²) in [4.78, 5) is 10.8. The van der Waals surface area contributed by atoms with Gasteiger partial charge >= 0.3 is 5.97 Å². The van der Waals surface area contributed by atoms with Crippen LogP contribution in [0.3, 0.4) is 0 Å². The molecular formula is C13H16ClFO2. The third-order valence-electron chi connectivity index (χ3n) is 2.77. The monoisotopic (exact) mass is 258 g/mol. The summed E-state index contributed by atoms with van der Waals surface area (Å²) in [6.45, 7) is 5.05. The van der Waals surface area contributed by atoms with Crippen molar-refractivity contribution in [3.63, 3.8) is 0 Å². The lowest BCUT2D eigenvalue weighted by Gasteiger charge is -2.24. The largest absolute Gasteiger partial charge is 0.481 e. The molecule has 1 N–H and O–H groups in total. The maximum absolute atomic E-state index is 13.1. The van der Waals surface area contributed by atoms with Gasteiger partial charge in [-0.25, -0.2) is 4.39 Å². The number of halogens is 2. The van der Waals surface area contributed by atoms with Gasteiger partial charge in [0.15, 0.2) is 0 Å². The molecule has 1 aromatic carbocycles. The number of hydrogen-bond donors (Lipinski definition) is 1. The number of alkyl halides is 1. The highest BCUT2D eigenvalue weighted by molar-refractivity contribution is 6.31. The van der Waals surface area contributed by atoms with Crippen LogP contribution in [0, 0.1) is 0 Å². The Kier molecular flexibility index (Phi) is 4.15. The standard InChI is InChI=1S/C13H16ClFO2/c1-8(15)9-4-5-10(11(14)6-9)13(2,3)7-12(16)17/h4-6,8H,7H2,1-3H3,(H,16,17). The Morgan fingerprint density at radius 2 is 2.12 bits per heavy atom. The Morgan fingerprint density at radius 3 is 2.53 bits per heavy atom. The number of aliphatic carboxylic acids is 1. The lowest BCUT2D eigenvalue weighted by molar-refractivity contribution is -0.138. The number of benzene rings is 1. The van der Waals surface area contributed by atoms with Gasteiger partial charge in [0, 0.05) is 10.4 Å². The van der Waals surface area contributed by atoms with Crippen molar-refractivity contribution in [3.05, 3.63) is 34.3 Å². The maximum atomic E-state index is 13.1. The van der Waals surface area contributed by atoms with Crippen LogP contribution in [0.1, 0.15) is 44.5 Å². The molecule has 0 saturated heterocycles. The van der Waals surface area contributed by atoms with Crippen molar-refractivity contribution in [1.82, 2.24) is 0 Å². The van der Waals surface area contributed by atoms with Crippen molar-refractivity contribution in [3.8, 4) is 0 Å². The van der Waals surface area contributed by atoms with Crippen LogP contribution < -0.4 is 0 Å². The van der Waals surface area contributed by atoms with Crippen molar-refractivity contribution in [2.45, 2.75) is 38.8 Å². The first-order valence-electron chi connectivity index (χ1n) is 5.40. The highest BCUT2D eigenvalue weighted by Gasteiger charge is 2.26. The Balaban J connectivity index is 3.11. The zero-order valence-corrected chi connectivity index (χ0v) is 10.9. The van der Waals surface area contributed by atoms with Gasteiger partial charge in [-0.2, -0.15) is 0 Å². The number of hydrogen-bond acceptors (Lipinski definition) is 1. The van der Waals surface area contributed by atoms with Gasteiger partial charge < -0.3 is 5.11 Å². The molecule has 0 aliphatic carbocycles. The van der Waals surface area contributed by atoms with Gasteiger partial charge in [-0.05, 0) is 24.1 Å². The molecule has 1 aromatic rings. The van der Waals surface area contributed by atoms with E-state index in [0.717, 1.165) is 5.56 Å². The molecule has 2 nitrogen and oxygen atoms in total. The van der Waals surface area contributed by atoms with E-state index in [0.29, 0.717) is 10.6 Å². The fourth-order valence-corrected chi connectivity index (χ4v) is 2.25. The summed E-state index contributed by atoms with van der Waals surface area (Å²) in [5.74, 6) is -0.881. The van der Waals surface area contributed by atoms with E-state index >= 15 is 0 Å². The Hall–Kier alpha value is -1.09. The van der Waals surface area contributed by atoms with E-state index in [1.165, 1.54) is 6.92 Å². The summed E-state index contributed by atoms with van der Waals surface area (Å²) < 4.78 is 13.1. The molecule has 0 aliphatic heterocycles. The first-order chi connectivity index (χ1) is 7.74. The van der Waals surface area contributed by atoms with Gasteiger partial charge in [0.2, 0.25) is 0 Å². The zero-order valence-electron chi connectivity index (χ0n) is 10.1. The first kappa shape index (κ1) is 14.0. The predicted molar refractivity (Wildman–Crippen MR) is 66.3 cm³/mol. The normalized spacial score (nSPS) is 13.5. The van der Waals surface area contributed by atoms with Crippen LogP contribution in [0.25, 0.3) is 0 Å². The molecule has 0 spiro atoms. The molecule has 0 heterocycles. The second kappa shape index (κ2) is 5.05. The van der Waals surface area contributed by atoms with Crippen molar-refractivity contribution in [2.24, 2.45) is 0 Å². The predicted octanol–water partition coefficient (Wildman–Crippen LogP) is 4.12. The molecule has 4 heteroatoms. The summed E-state index contributed by atoms with van der Waals surface area (Å²) in [6, 6.07) is 4.91. The molecule has 1 unspecified atom stereocenters. The lowest BCUT2D eigenvalue weighted by atomic mass is 9.81. The van der Waals surface area contributed by atoms with Crippen LogP contribution >= 0.6 is 11.6 Å². The summed E-state index contributed by atoms with van der Waals surface area (Å²) in [7, 11) is 0. The Morgan fingerprint density at radius 1 is 1.53 bits per heavy atom. The van der Waals surface area contributed by atoms with Gasteiger partial charge in [-0.15, -0.1) is 0 Å². The van der Waals surface area contributed by atoms with E-state index < -0.39 is 17.6 Å². The van der Waals surface area contributed by atoms with Crippen LogP contribution in [0.2, 0.25) is 5.02 Å². The highest BCUT2D eigenvalue weighted by atomic mass is 35.5. The molecule has 1 rings (SSSR count). The van der Waals surface area contributed by atoms with E-state index in [9.17, 15) is 9.18 Å². The number of carboxylic acids is 1. The molecule has 0 radical (unpaired) electrons. The van der Waals surface area contributed by atoms with Crippen LogP contribution in [0.4, 0.5) is 4.39 Å². The quantitative estimate of drug-likeness (QED) is 0.882. The minimum absolute atomic E-state index is 0.0166. The van der Waals surface area contributed by atoms with Gasteiger partial charge in [0.1, 0.15) is 6.17 Å². The minimum atomic E-state index is -1.08. The molecule has 0 aliphatic rings. The first-order valence-corrected chi connectivity index (χ1v) is 5.77. The summed E-state index contributed by atoms with van der Waals surface area (Å²) in [6.07, 6.45) is -1.10. The Labute approximate surface area is 105 Å². The molecule has 17 heavy (non-hydrogen) atoms. The van der Waals surface area contributed by atoms with Crippen LogP contribution in [-0.2, 0) is 10.2 Å². The van der Waals surface area contributed by atoms with E-state index in [-0.39, 0.29) is 6.42 Å². The molecule has 1 atom stereocenters. The Bertz CT molecular complexity index is 427. The third kappa shape index (κ3) is 3.43. The lowest BCUT2D eigenvalue weighted by Crippen LogP contribution is -2.22. The van der Waals surface area contributed by atoms with Crippen LogP contribution in [0.15, 0.2) is 18.2 Å². The molecule has 94 valence electrons. The topological polar surface area (TPSA) is 37.3 Å². The van der Waals surface area contributed by atoms with Gasteiger partial charge in [-0.1, -0.05) is 37.6 Å². The second-order valence-electron chi connectivity index (χ2n) is 4.81. The van der Waals surface area contributed by atoms with Crippen molar-refractivity contribution in [1.29, 1.82) is 0 Å². The fourth-order valence-electron chi connectivity index (χ4n) is 1.80. The highest BCUT2D eigenvalue weighted by Crippen LogP contribution is 2.34. The molecule has 0 fully saturated rings. The summed E-state index contributed by atoms with van der Waals surface area (Å²) in [5, 5.41) is 9.26. The number of carbonyl (C=O) groups is 1. The number of carboxylic acid groups (broad SMARTS) is 1. The van der Waals surface area contributed by atoms with Crippen LogP contribution in [0.5, 0.6) is 0 Å². The van der Waals surface area contributed by atoms with E-state index in [4.69, 9.17) is 16.7 Å². The minimum Gasteiger partial charge on any atom is -0.481 e. The van der Waals surface area contributed by atoms with E-state index in [1.807, 2.05) is 0 Å². The van der Waals surface area contributed by atoms with E-state index in [2.05, 4.69) is 0 Å². The molecule has 0 saturated carbocycles. The van der Waals surface area contributed by atoms with Gasteiger partial charge in [0.25, 0.3) is 0 Å². The number of rotatable bonds is 4. The van der Waals surface area contributed by atoms with Crippen molar-refractivity contribution >= 4 is 17.6 Å². The van der Waals surface area contributed by atoms with Crippen LogP contribution in [-0.4, -0.2) is 11.1 Å². The average molecular weight is 259 g/mol. The fraction of sp³-hybridized carbons (Fsp3) is 0.462. The second-order valence-corrected chi connectivity index (χ2v) is 5.22. The van der Waals surface area contributed by atoms with Gasteiger partial charge in [0.05, 0.1) is 6.42 Å². The molecule has 0 amide bonds. The average Bonchev–Trinajstić information content (AvgIpc) is 2.14. The van der Waals surface area contributed by atoms with E-state index in [1.54, 1.807) is 32.0 Å². The molecule has 0 bridgehead atoms. The van der Waals surface area contributed by atoms with Gasteiger partial charge in [-0.3, -0.25) is 4.79 Å². The third-order valence-corrected chi connectivity index (χ3v) is 3.09. The molecular weight excluding hydrogens is 243 g/mol. The molecule has 0 aromatic heterocycles. The summed E-state index contributed by atoms with van der Waals surface area (Å²) >= 11 is 6.08. The van der Waals surface area contributed by atoms with Crippen molar-refractivity contribution in [2.75, 3.05) is 0 Å². The zero-order chi connectivity index (χ0) is 13.2. The summed E-state index contributed by atoms with van der Waals surface area (Å²) in [5.41, 5.74) is 0.664. The van der Waals surface area contributed by atoms with Crippen molar-refractivity contribution < 1.29 is 14.3 Å². The SMILES string of the molecule is CC(F)c1ccc(C(C)(C)CC(=O)O)c(Cl)c1.